The van der Waals surface area contributed by atoms with Gasteiger partial charge in [-0.25, -0.2) is 4.79 Å². The molecule has 0 aliphatic carbocycles. The minimum Gasteiger partial charge on any atom is -0.408 e. The summed E-state index contributed by atoms with van der Waals surface area (Å²) >= 11 is 0.623. The summed E-state index contributed by atoms with van der Waals surface area (Å²) in [6.07, 6.45) is -6.45. The molecule has 9 heteroatoms. The van der Waals surface area contributed by atoms with Gasteiger partial charge in [-0.2, -0.15) is 4.90 Å². The average molecular weight is 362 g/mol. The van der Waals surface area contributed by atoms with Crippen molar-refractivity contribution in [2.75, 3.05) is 0 Å². The van der Waals surface area contributed by atoms with Crippen molar-refractivity contribution in [2.45, 2.75) is 37.4 Å². The van der Waals surface area contributed by atoms with Gasteiger partial charge in [-0.1, -0.05) is 62.9 Å². The Bertz CT molecular complexity index is 646. The smallest absolute Gasteiger partial charge is 0.408 e. The summed E-state index contributed by atoms with van der Waals surface area (Å²) in [6, 6.07) is 7.29. The SMILES string of the molecule is CC(C)(C)C1SC(OC(N)=O)(c2ccccc2)N(C(F)(F)F)C1=O. The minimum atomic E-state index is -5.05. The fourth-order valence-electron chi connectivity index (χ4n) is 2.48. The van der Waals surface area contributed by atoms with Crippen LogP contribution in [0.1, 0.15) is 26.3 Å². The molecule has 1 aromatic rings. The lowest BCUT2D eigenvalue weighted by molar-refractivity contribution is -0.279. The van der Waals surface area contributed by atoms with Gasteiger partial charge in [-0.05, 0) is 5.41 Å². The fourth-order valence-corrected chi connectivity index (χ4v) is 4.06. The third-order valence-corrected chi connectivity index (χ3v) is 5.40. The van der Waals surface area contributed by atoms with Gasteiger partial charge in [0, 0.05) is 5.56 Å². The monoisotopic (exact) mass is 362 g/mol. The number of benzene rings is 1. The molecule has 1 saturated heterocycles. The van der Waals surface area contributed by atoms with Crippen LogP contribution in [0.5, 0.6) is 0 Å². The Hall–Kier alpha value is -1.90. The Kier molecular flexibility index (Phi) is 4.51. The summed E-state index contributed by atoms with van der Waals surface area (Å²) in [6.45, 7) is 4.92. The van der Waals surface area contributed by atoms with Crippen LogP contribution in [0, 0.1) is 5.41 Å². The van der Waals surface area contributed by atoms with Crippen molar-refractivity contribution < 1.29 is 27.5 Å². The van der Waals surface area contributed by atoms with E-state index in [4.69, 9.17) is 10.5 Å². The molecule has 1 aromatic carbocycles. The maximum Gasteiger partial charge on any atom is 0.491 e. The third-order valence-electron chi connectivity index (χ3n) is 3.43. The van der Waals surface area contributed by atoms with E-state index in [2.05, 4.69) is 0 Å². The summed E-state index contributed by atoms with van der Waals surface area (Å²) < 4.78 is 45.9. The number of primary amides is 1. The Labute approximate surface area is 141 Å². The lowest BCUT2D eigenvalue weighted by Gasteiger charge is -2.36. The second-order valence-electron chi connectivity index (χ2n) is 6.37. The van der Waals surface area contributed by atoms with Crippen molar-refractivity contribution in [3.63, 3.8) is 0 Å². The molecule has 5 nitrogen and oxygen atoms in total. The quantitative estimate of drug-likeness (QED) is 0.819. The van der Waals surface area contributed by atoms with Crippen LogP contribution in [0.3, 0.4) is 0 Å². The van der Waals surface area contributed by atoms with Crippen molar-refractivity contribution in [3.05, 3.63) is 35.9 Å². The predicted molar refractivity (Wildman–Crippen MR) is 82.5 cm³/mol. The van der Waals surface area contributed by atoms with Crippen LogP contribution in [0.25, 0.3) is 0 Å². The van der Waals surface area contributed by atoms with Crippen LogP contribution in [-0.4, -0.2) is 28.5 Å². The first kappa shape index (κ1) is 18.4. The Balaban J connectivity index is 2.69. The number of nitrogens with zero attached hydrogens (tertiary/aromatic N) is 1. The summed E-state index contributed by atoms with van der Waals surface area (Å²) in [5.74, 6) is -1.18. The largest absolute Gasteiger partial charge is 0.491 e. The summed E-state index contributed by atoms with van der Waals surface area (Å²) in [7, 11) is 0. The molecule has 0 saturated carbocycles. The Morgan fingerprint density at radius 3 is 2.21 bits per heavy atom. The number of rotatable bonds is 2. The second-order valence-corrected chi connectivity index (χ2v) is 7.63. The molecule has 1 heterocycles. The number of nitrogens with two attached hydrogens (primary N) is 1. The van der Waals surface area contributed by atoms with Crippen LogP contribution in [0.4, 0.5) is 18.0 Å². The van der Waals surface area contributed by atoms with Gasteiger partial charge in [0.15, 0.2) is 0 Å². The fraction of sp³-hybridized carbons (Fsp3) is 0.467. The van der Waals surface area contributed by atoms with Crippen molar-refractivity contribution in [1.29, 1.82) is 0 Å². The number of amides is 2. The standard InChI is InChI=1S/C15H17F3N2O3S/c1-13(2,3)10-11(21)20(15(16,17)18)14(24-10,23-12(19)22)9-7-5-4-6-8-9/h4-8,10H,1-3H3,(H2,19,22). The predicted octanol–water partition coefficient (Wildman–Crippen LogP) is 3.40. The van der Waals surface area contributed by atoms with Gasteiger partial charge >= 0.3 is 12.4 Å². The van der Waals surface area contributed by atoms with E-state index in [-0.39, 0.29) is 10.5 Å². The Morgan fingerprint density at radius 1 is 1.25 bits per heavy atom. The van der Waals surface area contributed by atoms with E-state index in [0.717, 1.165) is 0 Å². The summed E-state index contributed by atoms with van der Waals surface area (Å²) in [5.41, 5.74) is 4.24. The topological polar surface area (TPSA) is 72.6 Å². The first-order chi connectivity index (χ1) is 10.9. The van der Waals surface area contributed by atoms with E-state index in [9.17, 15) is 22.8 Å². The molecule has 0 aromatic heterocycles. The molecule has 24 heavy (non-hydrogen) atoms. The molecular formula is C15H17F3N2O3S. The highest BCUT2D eigenvalue weighted by Gasteiger charge is 2.66. The van der Waals surface area contributed by atoms with E-state index in [0.29, 0.717) is 11.8 Å². The number of carbonyl (C=O) groups excluding carboxylic acids is 2. The highest BCUT2D eigenvalue weighted by Crippen LogP contribution is 2.57. The van der Waals surface area contributed by atoms with Gasteiger partial charge < -0.3 is 10.5 Å². The van der Waals surface area contributed by atoms with Crippen LogP contribution in [-0.2, 0) is 14.6 Å². The molecule has 0 bridgehead atoms. The van der Waals surface area contributed by atoms with Crippen LogP contribution in [0.15, 0.2) is 30.3 Å². The van der Waals surface area contributed by atoms with Gasteiger partial charge in [-0.15, -0.1) is 13.2 Å². The highest BCUT2D eigenvalue weighted by atomic mass is 32.2. The maximum atomic E-state index is 13.7. The Morgan fingerprint density at radius 2 is 1.79 bits per heavy atom. The zero-order valence-electron chi connectivity index (χ0n) is 13.3. The molecule has 2 N–H and O–H groups in total. The molecule has 132 valence electrons. The van der Waals surface area contributed by atoms with Crippen molar-refractivity contribution in [1.82, 2.24) is 4.90 Å². The first-order valence-electron chi connectivity index (χ1n) is 7.02. The van der Waals surface area contributed by atoms with Gasteiger partial charge in [0.05, 0.1) is 5.25 Å². The number of carbonyl (C=O) groups is 2. The molecule has 2 unspecified atom stereocenters. The minimum absolute atomic E-state index is 0.00576. The molecule has 2 atom stereocenters. The molecule has 1 aliphatic heterocycles. The van der Waals surface area contributed by atoms with Crippen molar-refractivity contribution in [3.8, 4) is 0 Å². The lowest BCUT2D eigenvalue weighted by Crippen LogP contribution is -2.54. The lowest BCUT2D eigenvalue weighted by atomic mass is 9.91. The van der Waals surface area contributed by atoms with E-state index < -0.39 is 34.0 Å². The van der Waals surface area contributed by atoms with E-state index in [1.54, 1.807) is 26.8 Å². The zero-order chi connectivity index (χ0) is 18.3. The summed E-state index contributed by atoms with van der Waals surface area (Å²) in [5, 5.41) is -3.46. The molecule has 0 radical (unpaired) electrons. The van der Waals surface area contributed by atoms with Crippen LogP contribution >= 0.6 is 11.8 Å². The number of halogens is 3. The third kappa shape index (κ3) is 3.17. The highest BCUT2D eigenvalue weighted by molar-refractivity contribution is 8.01. The van der Waals surface area contributed by atoms with Crippen LogP contribution in [0.2, 0.25) is 0 Å². The van der Waals surface area contributed by atoms with Gasteiger partial charge in [0.1, 0.15) is 0 Å². The zero-order valence-corrected chi connectivity index (χ0v) is 14.1. The van der Waals surface area contributed by atoms with Gasteiger partial charge in [0.25, 0.3) is 5.06 Å². The van der Waals surface area contributed by atoms with Gasteiger partial charge in [0.2, 0.25) is 5.91 Å². The molecule has 0 spiro atoms. The number of thioether (sulfide) groups is 1. The molecule has 2 amide bonds. The molecular weight excluding hydrogens is 345 g/mol. The van der Waals surface area contributed by atoms with E-state index in [1.807, 2.05) is 0 Å². The normalized spacial score (nSPS) is 25.0. The number of hydrogen-bond donors (Lipinski definition) is 1. The maximum absolute atomic E-state index is 13.7. The average Bonchev–Trinajstić information content (AvgIpc) is 2.72. The molecule has 1 aliphatic rings. The number of alkyl halides is 3. The van der Waals surface area contributed by atoms with E-state index in [1.165, 1.54) is 24.3 Å². The second kappa shape index (κ2) is 5.87. The first-order valence-corrected chi connectivity index (χ1v) is 7.90. The summed E-state index contributed by atoms with van der Waals surface area (Å²) in [4.78, 5) is 23.5. The number of hydrogen-bond acceptors (Lipinski definition) is 4. The van der Waals surface area contributed by atoms with Crippen molar-refractivity contribution >= 4 is 23.8 Å². The molecule has 2 rings (SSSR count). The van der Waals surface area contributed by atoms with E-state index >= 15 is 0 Å². The van der Waals surface area contributed by atoms with Crippen LogP contribution < -0.4 is 5.73 Å². The van der Waals surface area contributed by atoms with Gasteiger partial charge in [-0.3, -0.25) is 4.79 Å². The molecule has 1 fully saturated rings. The van der Waals surface area contributed by atoms with Crippen molar-refractivity contribution in [2.24, 2.45) is 11.1 Å². The number of ether oxygens (including phenoxy) is 1.